The van der Waals surface area contributed by atoms with E-state index in [0.29, 0.717) is 41.8 Å². The van der Waals surface area contributed by atoms with Crippen molar-refractivity contribution in [1.29, 1.82) is 0 Å². The summed E-state index contributed by atoms with van der Waals surface area (Å²) in [6.45, 7) is 2.71. The van der Waals surface area contributed by atoms with Crippen LogP contribution in [0.25, 0.3) is 11.3 Å². The topological polar surface area (TPSA) is 93.0 Å². The molecule has 0 spiro atoms. The molecule has 1 amide bonds. The fraction of sp³-hybridized carbons (Fsp3) is 0.182. The van der Waals surface area contributed by atoms with Crippen LogP contribution >= 0.6 is 12.2 Å². The summed E-state index contributed by atoms with van der Waals surface area (Å²) in [5.74, 6) is 1.93. The lowest BCUT2D eigenvalue weighted by atomic mass is 10.1. The van der Waals surface area contributed by atoms with Gasteiger partial charge in [0.2, 0.25) is 0 Å². The number of thiocarbonyl (C=S) groups is 1. The summed E-state index contributed by atoms with van der Waals surface area (Å²) in [6.07, 6.45) is 0. The number of hydrogen-bond acceptors (Lipinski definition) is 6. The zero-order valence-electron chi connectivity index (χ0n) is 16.2. The molecule has 7 nitrogen and oxygen atoms in total. The molecule has 1 aliphatic heterocycles. The monoisotopic (exact) mass is 424 g/mol. The number of aliphatic hydroxyl groups is 1. The summed E-state index contributed by atoms with van der Waals surface area (Å²) < 4.78 is 16.6. The van der Waals surface area contributed by atoms with Crippen LogP contribution < -0.4 is 20.1 Å². The summed E-state index contributed by atoms with van der Waals surface area (Å²) in [5.41, 5.74) is 2.93. The molecular weight excluding hydrogens is 404 g/mol. The van der Waals surface area contributed by atoms with E-state index in [-0.39, 0.29) is 17.6 Å². The second kappa shape index (κ2) is 8.56. The van der Waals surface area contributed by atoms with Gasteiger partial charge in [0.1, 0.15) is 31.3 Å². The van der Waals surface area contributed by atoms with Gasteiger partial charge in [0.05, 0.1) is 0 Å². The highest BCUT2D eigenvalue weighted by Crippen LogP contribution is 2.31. The van der Waals surface area contributed by atoms with Crippen LogP contribution in [0, 0.1) is 6.92 Å². The Morgan fingerprint density at radius 1 is 1.07 bits per heavy atom. The van der Waals surface area contributed by atoms with Gasteiger partial charge in [-0.25, -0.2) is 0 Å². The molecule has 2 heterocycles. The largest absolute Gasteiger partial charge is 0.486 e. The average Bonchev–Trinajstić information content (AvgIpc) is 3.24. The third kappa shape index (κ3) is 4.29. The highest BCUT2D eigenvalue weighted by Gasteiger charge is 2.16. The van der Waals surface area contributed by atoms with Crippen molar-refractivity contribution in [3.05, 3.63) is 65.4 Å². The Labute approximate surface area is 178 Å². The molecule has 0 fully saturated rings. The minimum atomic E-state index is -0.350. The van der Waals surface area contributed by atoms with E-state index >= 15 is 0 Å². The minimum Gasteiger partial charge on any atom is -0.486 e. The number of hydrogen-bond donors (Lipinski definition) is 3. The first-order chi connectivity index (χ1) is 14.5. The Morgan fingerprint density at radius 2 is 1.87 bits per heavy atom. The van der Waals surface area contributed by atoms with Crippen molar-refractivity contribution in [1.82, 2.24) is 5.32 Å². The molecule has 154 valence electrons. The zero-order chi connectivity index (χ0) is 21.1. The second-order valence-electron chi connectivity index (χ2n) is 6.72. The highest BCUT2D eigenvalue weighted by atomic mass is 32.1. The predicted molar refractivity (Wildman–Crippen MR) is 116 cm³/mol. The van der Waals surface area contributed by atoms with Gasteiger partial charge < -0.3 is 24.3 Å². The fourth-order valence-electron chi connectivity index (χ4n) is 3.04. The van der Waals surface area contributed by atoms with Crippen LogP contribution in [0.5, 0.6) is 11.5 Å². The lowest BCUT2D eigenvalue weighted by Crippen LogP contribution is -2.34. The van der Waals surface area contributed by atoms with Gasteiger partial charge in [-0.05, 0) is 61.1 Å². The molecule has 1 aromatic heterocycles. The van der Waals surface area contributed by atoms with Crippen molar-refractivity contribution >= 4 is 28.9 Å². The summed E-state index contributed by atoms with van der Waals surface area (Å²) in [5, 5.41) is 15.1. The van der Waals surface area contributed by atoms with Crippen molar-refractivity contribution in [2.45, 2.75) is 13.5 Å². The van der Waals surface area contributed by atoms with Crippen molar-refractivity contribution in [2.24, 2.45) is 0 Å². The molecule has 2 aromatic carbocycles. The SMILES string of the molecule is Cc1ccc(-c2ccc(CO)o2)cc1NC(=S)NC(=O)c1ccc2c(c1)OCCO2. The van der Waals surface area contributed by atoms with Gasteiger partial charge >= 0.3 is 0 Å². The predicted octanol–water partition coefficient (Wildman–Crippen LogP) is 3.65. The summed E-state index contributed by atoms with van der Waals surface area (Å²) >= 11 is 5.32. The van der Waals surface area contributed by atoms with Gasteiger partial charge in [-0.1, -0.05) is 12.1 Å². The van der Waals surface area contributed by atoms with Crippen molar-refractivity contribution in [3.63, 3.8) is 0 Å². The lowest BCUT2D eigenvalue weighted by molar-refractivity contribution is 0.0976. The van der Waals surface area contributed by atoms with E-state index in [4.69, 9.17) is 26.1 Å². The molecule has 4 rings (SSSR count). The number of aliphatic hydroxyl groups excluding tert-OH is 1. The number of amides is 1. The zero-order valence-corrected chi connectivity index (χ0v) is 17.0. The Hall–Kier alpha value is -3.36. The number of aryl methyl sites for hydroxylation is 1. The van der Waals surface area contributed by atoms with Gasteiger partial charge in [0.15, 0.2) is 16.6 Å². The maximum Gasteiger partial charge on any atom is 0.257 e. The van der Waals surface area contributed by atoms with Gasteiger partial charge in [0.25, 0.3) is 5.91 Å². The molecule has 0 bridgehead atoms. The number of anilines is 1. The Kier molecular flexibility index (Phi) is 5.69. The number of fused-ring (bicyclic) bond motifs is 1. The number of ether oxygens (including phenoxy) is 2. The number of carbonyl (C=O) groups is 1. The third-order valence-electron chi connectivity index (χ3n) is 4.62. The normalized spacial score (nSPS) is 12.3. The molecule has 3 N–H and O–H groups in total. The van der Waals surface area contributed by atoms with Crippen LogP contribution in [0.1, 0.15) is 21.7 Å². The van der Waals surface area contributed by atoms with Gasteiger partial charge in [-0.3, -0.25) is 10.1 Å². The van der Waals surface area contributed by atoms with Crippen LogP contribution in [0.15, 0.2) is 52.9 Å². The Morgan fingerprint density at radius 3 is 2.63 bits per heavy atom. The number of carbonyl (C=O) groups excluding carboxylic acids is 1. The molecule has 30 heavy (non-hydrogen) atoms. The van der Waals surface area contributed by atoms with E-state index in [9.17, 15) is 9.90 Å². The number of nitrogens with one attached hydrogen (secondary N) is 2. The lowest BCUT2D eigenvalue weighted by Gasteiger charge is -2.19. The molecular formula is C22H20N2O5S. The molecule has 0 saturated heterocycles. The van der Waals surface area contributed by atoms with E-state index in [1.807, 2.05) is 25.1 Å². The van der Waals surface area contributed by atoms with Crippen molar-refractivity contribution < 1.29 is 23.8 Å². The summed E-state index contributed by atoms with van der Waals surface area (Å²) in [6, 6.07) is 14.2. The molecule has 3 aromatic rings. The summed E-state index contributed by atoms with van der Waals surface area (Å²) in [7, 11) is 0. The average molecular weight is 424 g/mol. The van der Waals surface area contributed by atoms with E-state index < -0.39 is 0 Å². The third-order valence-corrected chi connectivity index (χ3v) is 4.82. The molecule has 0 saturated carbocycles. The van der Waals surface area contributed by atoms with Crippen molar-refractivity contribution in [2.75, 3.05) is 18.5 Å². The van der Waals surface area contributed by atoms with E-state index in [2.05, 4.69) is 10.6 Å². The van der Waals surface area contributed by atoms with E-state index in [0.717, 1.165) is 16.8 Å². The van der Waals surface area contributed by atoms with Crippen LogP contribution in [0.4, 0.5) is 5.69 Å². The standard InChI is InChI=1S/C22H20N2O5S/c1-13-2-3-14(18-7-5-16(12-25)29-18)10-17(13)23-22(30)24-21(26)15-4-6-19-20(11-15)28-9-8-27-19/h2-7,10-11,25H,8-9,12H2,1H3,(H2,23,24,26,30). The Balaban J connectivity index is 1.46. The molecule has 0 aliphatic carbocycles. The number of benzene rings is 2. The summed E-state index contributed by atoms with van der Waals surface area (Å²) in [4.78, 5) is 12.6. The van der Waals surface area contributed by atoms with Crippen molar-refractivity contribution in [3.8, 4) is 22.8 Å². The van der Waals surface area contributed by atoms with Crippen LogP contribution in [0.3, 0.4) is 0 Å². The van der Waals surface area contributed by atoms with Gasteiger partial charge in [-0.2, -0.15) is 0 Å². The minimum absolute atomic E-state index is 0.160. The maximum atomic E-state index is 12.6. The van der Waals surface area contributed by atoms with Crippen LogP contribution in [-0.2, 0) is 6.61 Å². The smallest absolute Gasteiger partial charge is 0.257 e. The number of rotatable bonds is 4. The molecule has 1 aliphatic rings. The quantitative estimate of drug-likeness (QED) is 0.551. The second-order valence-corrected chi connectivity index (χ2v) is 7.13. The first-order valence-electron chi connectivity index (χ1n) is 9.36. The first kappa shape index (κ1) is 19.9. The van der Waals surface area contributed by atoms with Crippen LogP contribution in [0.2, 0.25) is 0 Å². The maximum absolute atomic E-state index is 12.6. The molecule has 0 radical (unpaired) electrons. The first-order valence-corrected chi connectivity index (χ1v) is 9.77. The molecule has 0 unspecified atom stereocenters. The highest BCUT2D eigenvalue weighted by molar-refractivity contribution is 7.80. The molecule has 8 heteroatoms. The number of furan rings is 1. The Bertz CT molecular complexity index is 1110. The molecule has 0 atom stereocenters. The van der Waals surface area contributed by atoms with Gasteiger partial charge in [0, 0.05) is 16.8 Å². The van der Waals surface area contributed by atoms with E-state index in [1.54, 1.807) is 30.3 Å². The van der Waals surface area contributed by atoms with Gasteiger partial charge in [-0.15, -0.1) is 0 Å². The van der Waals surface area contributed by atoms with Crippen LogP contribution in [-0.4, -0.2) is 29.3 Å². The van der Waals surface area contributed by atoms with E-state index in [1.165, 1.54) is 0 Å². The fourth-order valence-corrected chi connectivity index (χ4v) is 3.24.